The number of sulfonamides is 1. The fraction of sp³-hybridized carbons (Fsp3) is 0.545. The summed E-state index contributed by atoms with van der Waals surface area (Å²) in [5.41, 5.74) is 0. The molecule has 1 aromatic rings. The summed E-state index contributed by atoms with van der Waals surface area (Å²) < 4.78 is 36.0. The Morgan fingerprint density at radius 2 is 2.05 bits per heavy atom. The Morgan fingerprint density at radius 3 is 2.55 bits per heavy atom. The SMILES string of the molecule is COCCN(CCC(=O)OC)S(=O)(=O)c1ccc(Cl)s1. The van der Waals surface area contributed by atoms with E-state index in [2.05, 4.69) is 4.74 Å². The van der Waals surface area contributed by atoms with E-state index in [1.165, 1.54) is 30.7 Å². The summed E-state index contributed by atoms with van der Waals surface area (Å²) in [6.07, 6.45) is -0.0153. The van der Waals surface area contributed by atoms with Crippen LogP contribution in [0.3, 0.4) is 0 Å². The van der Waals surface area contributed by atoms with Gasteiger partial charge in [-0.2, -0.15) is 4.31 Å². The minimum atomic E-state index is -3.68. The smallest absolute Gasteiger partial charge is 0.306 e. The molecule has 0 saturated heterocycles. The average molecular weight is 342 g/mol. The third kappa shape index (κ3) is 4.71. The van der Waals surface area contributed by atoms with Crippen LogP contribution in [0.2, 0.25) is 4.34 Å². The normalized spacial score (nSPS) is 11.8. The molecule has 20 heavy (non-hydrogen) atoms. The Labute approximate surface area is 127 Å². The van der Waals surface area contributed by atoms with Crippen molar-refractivity contribution in [3.8, 4) is 0 Å². The van der Waals surface area contributed by atoms with Crippen molar-refractivity contribution < 1.29 is 22.7 Å². The number of carbonyl (C=O) groups is 1. The highest BCUT2D eigenvalue weighted by molar-refractivity contribution is 7.91. The zero-order chi connectivity index (χ0) is 15.2. The molecular formula is C11H16ClNO5S2. The van der Waals surface area contributed by atoms with Gasteiger partial charge in [-0.25, -0.2) is 8.42 Å². The Balaban J connectivity index is 2.88. The maximum atomic E-state index is 12.4. The number of hydrogen-bond acceptors (Lipinski definition) is 6. The first-order valence-corrected chi connectivity index (χ1v) is 8.36. The van der Waals surface area contributed by atoms with E-state index in [9.17, 15) is 13.2 Å². The predicted octanol–water partition coefficient (Wildman–Crippen LogP) is 1.60. The van der Waals surface area contributed by atoms with Crippen LogP contribution in [0, 0.1) is 0 Å². The van der Waals surface area contributed by atoms with Gasteiger partial charge in [0, 0.05) is 20.2 Å². The number of ether oxygens (including phenoxy) is 2. The molecule has 0 fully saturated rings. The van der Waals surface area contributed by atoms with E-state index in [1.807, 2.05) is 0 Å². The number of carbonyl (C=O) groups excluding carboxylic acids is 1. The Morgan fingerprint density at radius 1 is 1.35 bits per heavy atom. The third-order valence-electron chi connectivity index (χ3n) is 2.48. The first-order chi connectivity index (χ1) is 9.41. The fourth-order valence-corrected chi connectivity index (χ4v) is 4.49. The second-order valence-corrected chi connectivity index (χ2v) is 7.66. The number of nitrogens with zero attached hydrogens (tertiary/aromatic N) is 1. The van der Waals surface area contributed by atoms with E-state index >= 15 is 0 Å². The van der Waals surface area contributed by atoms with E-state index in [0.29, 0.717) is 4.34 Å². The number of thiophene rings is 1. The highest BCUT2D eigenvalue weighted by atomic mass is 35.5. The third-order valence-corrected chi connectivity index (χ3v) is 6.08. The largest absolute Gasteiger partial charge is 0.469 e. The summed E-state index contributed by atoms with van der Waals surface area (Å²) in [4.78, 5) is 11.2. The van der Waals surface area contributed by atoms with Crippen molar-refractivity contribution in [2.45, 2.75) is 10.6 Å². The quantitative estimate of drug-likeness (QED) is 0.671. The van der Waals surface area contributed by atoms with Crippen molar-refractivity contribution >= 4 is 38.9 Å². The minimum Gasteiger partial charge on any atom is -0.469 e. The molecule has 0 spiro atoms. The van der Waals surface area contributed by atoms with Gasteiger partial charge in [-0.15, -0.1) is 11.3 Å². The minimum absolute atomic E-state index is 0.0153. The molecule has 0 unspecified atom stereocenters. The first kappa shape index (κ1) is 17.4. The van der Waals surface area contributed by atoms with E-state index in [4.69, 9.17) is 16.3 Å². The van der Waals surface area contributed by atoms with Crippen LogP contribution in [0.1, 0.15) is 6.42 Å². The lowest BCUT2D eigenvalue weighted by Crippen LogP contribution is -2.35. The van der Waals surface area contributed by atoms with Gasteiger partial charge in [0.1, 0.15) is 4.21 Å². The summed E-state index contributed by atoms with van der Waals surface area (Å²) >= 11 is 6.74. The van der Waals surface area contributed by atoms with Crippen LogP contribution in [-0.4, -0.2) is 52.6 Å². The summed E-state index contributed by atoms with van der Waals surface area (Å²) in [5, 5.41) is 0. The number of rotatable bonds is 8. The van der Waals surface area contributed by atoms with Gasteiger partial charge >= 0.3 is 5.97 Å². The molecule has 1 aromatic heterocycles. The summed E-state index contributed by atoms with van der Waals surface area (Å²) in [6.45, 7) is 0.429. The van der Waals surface area contributed by atoms with Crippen molar-refractivity contribution in [2.75, 3.05) is 33.9 Å². The van der Waals surface area contributed by atoms with Gasteiger partial charge in [0.15, 0.2) is 0 Å². The van der Waals surface area contributed by atoms with E-state index in [1.54, 1.807) is 0 Å². The number of esters is 1. The van der Waals surface area contributed by atoms with Gasteiger partial charge in [0.25, 0.3) is 10.0 Å². The summed E-state index contributed by atoms with van der Waals surface area (Å²) in [6, 6.07) is 2.97. The van der Waals surface area contributed by atoms with Crippen LogP contribution in [0.25, 0.3) is 0 Å². The molecule has 0 aliphatic carbocycles. The second kappa shape index (κ2) is 7.94. The molecule has 0 saturated carbocycles. The zero-order valence-corrected chi connectivity index (χ0v) is 13.6. The van der Waals surface area contributed by atoms with Gasteiger partial charge in [-0.1, -0.05) is 11.6 Å². The van der Waals surface area contributed by atoms with Crippen molar-refractivity contribution in [2.24, 2.45) is 0 Å². The van der Waals surface area contributed by atoms with Crippen molar-refractivity contribution in [3.63, 3.8) is 0 Å². The topological polar surface area (TPSA) is 72.9 Å². The second-order valence-electron chi connectivity index (χ2n) is 3.78. The molecule has 0 aromatic carbocycles. The molecule has 0 aliphatic rings. The fourth-order valence-electron chi connectivity index (χ4n) is 1.43. The first-order valence-electron chi connectivity index (χ1n) is 5.73. The monoisotopic (exact) mass is 341 g/mol. The highest BCUT2D eigenvalue weighted by Crippen LogP contribution is 2.28. The van der Waals surface area contributed by atoms with Crippen LogP contribution in [-0.2, 0) is 24.3 Å². The van der Waals surface area contributed by atoms with Gasteiger partial charge in [-0.05, 0) is 12.1 Å². The van der Waals surface area contributed by atoms with Crippen LogP contribution in [0.5, 0.6) is 0 Å². The Bertz CT molecular complexity index is 543. The highest BCUT2D eigenvalue weighted by Gasteiger charge is 2.26. The molecule has 1 heterocycles. The zero-order valence-electron chi connectivity index (χ0n) is 11.2. The van der Waals surface area contributed by atoms with E-state index in [0.717, 1.165) is 11.3 Å². The molecule has 6 nitrogen and oxygen atoms in total. The summed E-state index contributed by atoms with van der Waals surface area (Å²) in [5.74, 6) is -0.466. The standard InChI is InChI=1S/C11H16ClNO5S2/c1-17-8-7-13(6-5-10(14)18-2)20(15,16)11-4-3-9(12)19-11/h3-4H,5-8H2,1-2H3. The van der Waals surface area contributed by atoms with Gasteiger partial charge in [-0.3, -0.25) is 4.79 Å². The molecular weight excluding hydrogens is 326 g/mol. The van der Waals surface area contributed by atoms with E-state index < -0.39 is 16.0 Å². The maximum Gasteiger partial charge on any atom is 0.306 e. The lowest BCUT2D eigenvalue weighted by atomic mass is 10.4. The number of halogens is 1. The Hall–Kier alpha value is -0.670. The van der Waals surface area contributed by atoms with Crippen molar-refractivity contribution in [3.05, 3.63) is 16.5 Å². The van der Waals surface area contributed by atoms with Crippen LogP contribution < -0.4 is 0 Å². The summed E-state index contributed by atoms with van der Waals surface area (Å²) in [7, 11) is -0.938. The lowest BCUT2D eigenvalue weighted by molar-refractivity contribution is -0.140. The van der Waals surface area contributed by atoms with Crippen LogP contribution >= 0.6 is 22.9 Å². The predicted molar refractivity (Wildman–Crippen MR) is 76.6 cm³/mol. The molecule has 0 N–H and O–H groups in total. The molecule has 9 heteroatoms. The maximum absolute atomic E-state index is 12.4. The van der Waals surface area contributed by atoms with Gasteiger partial charge in [0.2, 0.25) is 0 Å². The number of methoxy groups -OCH3 is 2. The van der Waals surface area contributed by atoms with Gasteiger partial charge in [0.05, 0.1) is 24.5 Å². The average Bonchev–Trinajstić information content (AvgIpc) is 2.85. The molecule has 1 rings (SSSR count). The molecule has 0 amide bonds. The van der Waals surface area contributed by atoms with Gasteiger partial charge < -0.3 is 9.47 Å². The van der Waals surface area contributed by atoms with Crippen LogP contribution in [0.4, 0.5) is 0 Å². The molecule has 0 radical (unpaired) electrons. The molecule has 0 aliphatic heterocycles. The van der Waals surface area contributed by atoms with E-state index in [-0.39, 0.29) is 30.3 Å². The molecule has 0 bridgehead atoms. The van der Waals surface area contributed by atoms with Crippen molar-refractivity contribution in [1.29, 1.82) is 0 Å². The molecule has 114 valence electrons. The lowest BCUT2D eigenvalue weighted by Gasteiger charge is -2.20. The Kier molecular flexibility index (Phi) is 6.90. The number of hydrogen-bond donors (Lipinski definition) is 0. The van der Waals surface area contributed by atoms with Crippen molar-refractivity contribution in [1.82, 2.24) is 4.31 Å². The molecule has 0 atom stereocenters. The van der Waals surface area contributed by atoms with Crippen LogP contribution in [0.15, 0.2) is 16.3 Å².